The van der Waals surface area contributed by atoms with Crippen LogP contribution in [0.2, 0.25) is 5.02 Å². The number of nitrogens with zero attached hydrogens (tertiary/aromatic N) is 5. The Labute approximate surface area is 276 Å². The van der Waals surface area contributed by atoms with Crippen molar-refractivity contribution in [1.82, 2.24) is 24.9 Å². The molecule has 2 aromatic carbocycles. The number of amides is 1. The number of hydrogen-bond donors (Lipinski definition) is 2. The van der Waals surface area contributed by atoms with Crippen molar-refractivity contribution in [2.75, 3.05) is 6.61 Å². The van der Waals surface area contributed by atoms with Gasteiger partial charge in [0.1, 0.15) is 6.61 Å². The highest BCUT2D eigenvalue weighted by Crippen LogP contribution is 2.45. The normalized spacial score (nSPS) is 18.9. The first kappa shape index (κ1) is 32.4. The molecule has 47 heavy (non-hydrogen) atoms. The first-order valence-electron chi connectivity index (χ1n) is 15.4. The number of ether oxygens (including phenoxy) is 1. The summed E-state index contributed by atoms with van der Waals surface area (Å²) in [4.78, 5) is 33.9. The third-order valence-corrected chi connectivity index (χ3v) is 8.77. The molecule has 4 aromatic rings. The van der Waals surface area contributed by atoms with Gasteiger partial charge in [-0.2, -0.15) is 19.0 Å². The minimum absolute atomic E-state index is 0.0113. The van der Waals surface area contributed by atoms with Crippen LogP contribution in [-0.2, 0) is 19.9 Å². The molecule has 13 heteroatoms. The van der Waals surface area contributed by atoms with Crippen molar-refractivity contribution in [2.24, 2.45) is 22.1 Å². The van der Waals surface area contributed by atoms with Gasteiger partial charge in [-0.1, -0.05) is 62.7 Å². The van der Waals surface area contributed by atoms with Crippen LogP contribution in [-0.4, -0.2) is 49.3 Å². The van der Waals surface area contributed by atoms with Gasteiger partial charge in [0.05, 0.1) is 17.9 Å². The summed E-state index contributed by atoms with van der Waals surface area (Å²) in [5, 5.41) is 11.2. The zero-order chi connectivity index (χ0) is 33.5. The number of aromatic nitrogens is 4. The van der Waals surface area contributed by atoms with Crippen LogP contribution in [0, 0.1) is 11.3 Å². The van der Waals surface area contributed by atoms with Crippen molar-refractivity contribution in [3.05, 3.63) is 83.3 Å². The van der Waals surface area contributed by atoms with E-state index in [4.69, 9.17) is 27.1 Å². The lowest BCUT2D eigenvalue weighted by molar-refractivity contribution is -0.148. The number of benzene rings is 2. The first-order chi connectivity index (χ1) is 22.3. The Kier molecular flexibility index (Phi) is 8.64. The number of H-pyrrole nitrogens is 1. The number of hydrogen-bond acceptors (Lipinski definition) is 7. The molecule has 246 valence electrons. The van der Waals surface area contributed by atoms with Crippen molar-refractivity contribution in [3.8, 4) is 22.4 Å². The molecule has 6 rings (SSSR count). The van der Waals surface area contributed by atoms with E-state index >= 15 is 0 Å². The maximum Gasteiger partial charge on any atom is 0.333 e. The molecule has 1 aliphatic heterocycles. The number of aliphatic imine (C=N–C) groups is 1. The average Bonchev–Trinajstić information content (AvgIpc) is 3.38. The molecule has 0 saturated heterocycles. The highest BCUT2D eigenvalue weighted by Gasteiger charge is 2.53. The van der Waals surface area contributed by atoms with E-state index < -0.39 is 18.1 Å². The summed E-state index contributed by atoms with van der Waals surface area (Å²) in [6.45, 7) is 3.13. The summed E-state index contributed by atoms with van der Waals surface area (Å²) in [6.07, 6.45) is 6.87. The monoisotopic (exact) mass is 663 g/mol. The van der Waals surface area contributed by atoms with Crippen LogP contribution >= 0.6 is 11.6 Å². The largest absolute Gasteiger partial charge is 0.463 e. The second-order valence-electron chi connectivity index (χ2n) is 13.4. The Bertz CT molecular complexity index is 1800. The molecule has 0 radical (unpaired) electrons. The topological polar surface area (TPSA) is 131 Å². The number of nitrogens with two attached hydrogens (primary N) is 1. The summed E-state index contributed by atoms with van der Waals surface area (Å²) >= 11 is 6.57. The summed E-state index contributed by atoms with van der Waals surface area (Å²) in [5.41, 5.74) is 8.60. The minimum atomic E-state index is -2.75. The number of alkyl halides is 2. The van der Waals surface area contributed by atoms with E-state index in [9.17, 15) is 18.4 Å². The smallest absolute Gasteiger partial charge is 0.333 e. The molecule has 0 unspecified atom stereocenters. The minimum Gasteiger partial charge on any atom is -0.463 e. The zero-order valence-corrected chi connectivity index (χ0v) is 27.0. The van der Waals surface area contributed by atoms with Gasteiger partial charge in [0.25, 0.3) is 5.91 Å². The predicted molar refractivity (Wildman–Crippen MR) is 173 cm³/mol. The number of esters is 1. The Morgan fingerprint density at radius 3 is 2.51 bits per heavy atom. The Morgan fingerprint density at radius 1 is 1.15 bits per heavy atom. The van der Waals surface area contributed by atoms with Gasteiger partial charge in [0, 0.05) is 35.0 Å². The van der Waals surface area contributed by atoms with Crippen LogP contribution in [0.5, 0.6) is 0 Å². The van der Waals surface area contributed by atoms with E-state index in [0.29, 0.717) is 62.0 Å². The predicted octanol–water partition coefficient (Wildman–Crippen LogP) is 6.86. The van der Waals surface area contributed by atoms with Crippen LogP contribution < -0.4 is 5.73 Å². The second-order valence-corrected chi connectivity index (χ2v) is 13.8. The van der Waals surface area contributed by atoms with Gasteiger partial charge in [-0.25, -0.2) is 9.67 Å². The van der Waals surface area contributed by atoms with Crippen molar-refractivity contribution in [3.63, 3.8) is 0 Å². The van der Waals surface area contributed by atoms with Gasteiger partial charge in [-0.3, -0.25) is 19.6 Å². The standard InChI is InChI=1S/C34H36ClF2N7O3/c1-33(2,3)19-34(24-9-6-21(7-10-24)23-16-40-43(17-23)31(36)37)30(46)44(32(38)41-34)28(18-47-29(45)14-20-4-5-20)22-8-11-26(35)25(15-22)27-12-13-39-42-27/h6-13,15-17,20,28,31H,4-5,14,18-19H2,1-3H3,(H2,38,41)(H,39,42)/t28-,34-/m1/s1. The summed E-state index contributed by atoms with van der Waals surface area (Å²) in [7, 11) is 0. The van der Waals surface area contributed by atoms with Gasteiger partial charge in [-0.15, -0.1) is 0 Å². The van der Waals surface area contributed by atoms with Gasteiger partial charge in [-0.05, 0) is 65.5 Å². The van der Waals surface area contributed by atoms with E-state index in [1.54, 1.807) is 48.7 Å². The molecule has 1 amide bonds. The quantitative estimate of drug-likeness (QED) is 0.169. The molecule has 1 aliphatic carbocycles. The number of guanidine groups is 1. The third kappa shape index (κ3) is 6.78. The lowest BCUT2D eigenvalue weighted by Crippen LogP contribution is -2.47. The number of rotatable bonds is 11. The lowest BCUT2D eigenvalue weighted by atomic mass is 9.75. The van der Waals surface area contributed by atoms with E-state index in [0.717, 1.165) is 12.8 Å². The highest BCUT2D eigenvalue weighted by molar-refractivity contribution is 6.33. The molecule has 0 bridgehead atoms. The van der Waals surface area contributed by atoms with E-state index in [1.807, 2.05) is 26.8 Å². The van der Waals surface area contributed by atoms with Crippen LogP contribution in [0.3, 0.4) is 0 Å². The van der Waals surface area contributed by atoms with Crippen molar-refractivity contribution >= 4 is 29.4 Å². The lowest BCUT2D eigenvalue weighted by Gasteiger charge is -2.35. The number of aromatic amines is 1. The van der Waals surface area contributed by atoms with Gasteiger partial charge < -0.3 is 10.5 Å². The molecule has 0 spiro atoms. The Hall–Kier alpha value is -4.58. The van der Waals surface area contributed by atoms with Crippen LogP contribution in [0.1, 0.15) is 70.2 Å². The highest BCUT2D eigenvalue weighted by atomic mass is 35.5. The van der Waals surface area contributed by atoms with Crippen LogP contribution in [0.4, 0.5) is 8.78 Å². The fourth-order valence-corrected chi connectivity index (χ4v) is 6.30. The third-order valence-electron chi connectivity index (χ3n) is 8.44. The fraction of sp³-hybridized carbons (Fsp3) is 0.382. The molecule has 3 heterocycles. The zero-order valence-electron chi connectivity index (χ0n) is 26.3. The van der Waals surface area contributed by atoms with Gasteiger partial charge >= 0.3 is 12.5 Å². The molecule has 10 nitrogen and oxygen atoms in total. The van der Waals surface area contributed by atoms with Crippen molar-refractivity contribution in [2.45, 2.75) is 64.6 Å². The maximum absolute atomic E-state index is 14.8. The molecule has 1 saturated carbocycles. The van der Waals surface area contributed by atoms with Crippen LogP contribution in [0.25, 0.3) is 22.4 Å². The molecule has 2 atom stereocenters. The van der Waals surface area contributed by atoms with Gasteiger partial charge in [0.2, 0.25) is 0 Å². The molecular formula is C34H36ClF2N7O3. The first-order valence-corrected chi connectivity index (χ1v) is 15.8. The van der Waals surface area contributed by atoms with E-state index in [1.165, 1.54) is 17.3 Å². The molecule has 2 aliphatic rings. The molecule has 3 N–H and O–H groups in total. The number of carbonyl (C=O) groups is 2. The van der Waals surface area contributed by atoms with Crippen molar-refractivity contribution in [1.29, 1.82) is 0 Å². The van der Waals surface area contributed by atoms with Gasteiger partial charge in [0.15, 0.2) is 11.5 Å². The van der Waals surface area contributed by atoms with E-state index in [-0.39, 0.29) is 29.9 Å². The second kappa shape index (κ2) is 12.6. The average molecular weight is 664 g/mol. The summed E-state index contributed by atoms with van der Waals surface area (Å²) < 4.78 is 32.6. The Balaban J connectivity index is 1.38. The number of nitrogens with one attached hydrogen (secondary N) is 1. The Morgan fingerprint density at radius 2 is 1.89 bits per heavy atom. The van der Waals surface area contributed by atoms with E-state index in [2.05, 4.69) is 15.3 Å². The van der Waals surface area contributed by atoms with Crippen LogP contribution in [0.15, 0.2) is 72.1 Å². The number of halogens is 3. The summed E-state index contributed by atoms with van der Waals surface area (Å²) in [6, 6.07) is 13.3. The van der Waals surface area contributed by atoms with Crippen molar-refractivity contribution < 1.29 is 23.1 Å². The molecular weight excluding hydrogens is 628 g/mol. The summed E-state index contributed by atoms with van der Waals surface area (Å²) in [5.74, 6) is -0.392. The SMILES string of the molecule is CC(C)(C)C[C@]1(c2ccc(-c3cnn(C(F)F)c3)cc2)N=C(N)N([C@H](COC(=O)CC2CC2)c2ccc(Cl)c(-c3ccn[nH]3)c2)C1=O. The maximum atomic E-state index is 14.8. The number of carbonyl (C=O) groups excluding carboxylic acids is 2. The fourth-order valence-electron chi connectivity index (χ4n) is 6.08. The molecule has 1 fully saturated rings. The molecule has 2 aromatic heterocycles.